The Labute approximate surface area is 146 Å². The summed E-state index contributed by atoms with van der Waals surface area (Å²) in [5, 5.41) is 0. The summed E-state index contributed by atoms with van der Waals surface area (Å²) < 4.78 is 0. The highest BCUT2D eigenvalue weighted by molar-refractivity contribution is 6.13. The molecule has 2 fully saturated rings. The molecule has 25 heavy (non-hydrogen) atoms. The first-order valence-corrected chi connectivity index (χ1v) is 9.08. The van der Waals surface area contributed by atoms with E-state index in [1.54, 1.807) is 0 Å². The van der Waals surface area contributed by atoms with Gasteiger partial charge in [0.15, 0.2) is 0 Å². The van der Waals surface area contributed by atoms with Crippen molar-refractivity contribution in [1.82, 2.24) is 9.80 Å². The van der Waals surface area contributed by atoms with Crippen LogP contribution in [-0.2, 0) is 19.2 Å². The molecule has 4 amide bonds. The highest BCUT2D eigenvalue weighted by atomic mass is 16.2. The maximum Gasteiger partial charge on any atom is 0.253 e. The lowest BCUT2D eigenvalue weighted by atomic mass is 9.76. The minimum absolute atomic E-state index is 0.198. The van der Waals surface area contributed by atoms with Crippen LogP contribution in [-0.4, -0.2) is 46.5 Å². The maximum atomic E-state index is 11.7. The minimum Gasteiger partial charge on any atom is -0.275 e. The van der Waals surface area contributed by atoms with Crippen LogP contribution in [0.2, 0.25) is 0 Å². The molecule has 0 aromatic carbocycles. The molecule has 2 heterocycles. The highest BCUT2D eigenvalue weighted by Gasteiger charge is 2.41. The predicted molar refractivity (Wildman–Crippen MR) is 88.8 cm³/mol. The van der Waals surface area contributed by atoms with Crippen LogP contribution in [0.5, 0.6) is 0 Å². The predicted octanol–water partition coefficient (Wildman–Crippen LogP) is 1.28. The monoisotopic (exact) mass is 342 g/mol. The summed E-state index contributed by atoms with van der Waals surface area (Å²) >= 11 is 0. The molecule has 2 saturated carbocycles. The zero-order valence-electron chi connectivity index (χ0n) is 14.1. The first kappa shape index (κ1) is 16.2. The topological polar surface area (TPSA) is 74.8 Å². The van der Waals surface area contributed by atoms with Gasteiger partial charge in [-0.3, -0.25) is 29.0 Å². The Morgan fingerprint density at radius 3 is 1.64 bits per heavy atom. The van der Waals surface area contributed by atoms with Crippen molar-refractivity contribution in [2.45, 2.75) is 32.1 Å². The Morgan fingerprint density at radius 1 is 0.640 bits per heavy atom. The summed E-state index contributed by atoms with van der Waals surface area (Å²) in [6.45, 7) is 1.04. The summed E-state index contributed by atoms with van der Waals surface area (Å²) in [7, 11) is 0. The Balaban J connectivity index is 1.32. The van der Waals surface area contributed by atoms with Crippen molar-refractivity contribution in [3.63, 3.8) is 0 Å². The molecular formula is C19H22N2O4. The van der Waals surface area contributed by atoms with Crippen LogP contribution < -0.4 is 0 Å². The molecule has 4 rings (SSSR count). The third-order valence-electron chi connectivity index (χ3n) is 6.20. The van der Waals surface area contributed by atoms with E-state index >= 15 is 0 Å². The van der Waals surface area contributed by atoms with Gasteiger partial charge in [0.25, 0.3) is 23.6 Å². The van der Waals surface area contributed by atoms with Crippen molar-refractivity contribution < 1.29 is 19.2 Å². The van der Waals surface area contributed by atoms with Gasteiger partial charge in [0.1, 0.15) is 0 Å². The number of fused-ring (bicyclic) bond motifs is 1. The quantitative estimate of drug-likeness (QED) is 0.721. The number of nitrogens with zero attached hydrogens (tertiary/aromatic N) is 2. The van der Waals surface area contributed by atoms with Gasteiger partial charge in [0.05, 0.1) is 0 Å². The number of imide groups is 2. The van der Waals surface area contributed by atoms with Crippen LogP contribution >= 0.6 is 0 Å². The molecule has 0 aromatic heterocycles. The molecule has 0 radical (unpaired) electrons. The second kappa shape index (κ2) is 6.24. The molecule has 0 aromatic rings. The lowest BCUT2D eigenvalue weighted by Gasteiger charge is -2.33. The van der Waals surface area contributed by atoms with E-state index in [4.69, 9.17) is 0 Å². The van der Waals surface area contributed by atoms with Crippen LogP contribution in [0.15, 0.2) is 24.3 Å². The first-order chi connectivity index (χ1) is 12.0. The van der Waals surface area contributed by atoms with E-state index in [0.29, 0.717) is 36.8 Å². The molecule has 6 nitrogen and oxygen atoms in total. The van der Waals surface area contributed by atoms with Gasteiger partial charge in [0, 0.05) is 37.4 Å². The Bertz CT molecular complexity index is 618. The van der Waals surface area contributed by atoms with Gasteiger partial charge in [-0.2, -0.15) is 0 Å². The third kappa shape index (κ3) is 3.05. The summed E-state index contributed by atoms with van der Waals surface area (Å²) in [6.07, 6.45) is 10.6. The van der Waals surface area contributed by atoms with E-state index in [1.165, 1.54) is 34.1 Å². The largest absolute Gasteiger partial charge is 0.275 e. The van der Waals surface area contributed by atoms with Crippen LogP contribution in [0.4, 0.5) is 0 Å². The fraction of sp³-hybridized carbons (Fsp3) is 0.579. The van der Waals surface area contributed by atoms with Gasteiger partial charge in [-0.1, -0.05) is 0 Å². The lowest BCUT2D eigenvalue weighted by Crippen LogP contribution is -2.37. The number of carbonyl (C=O) groups excluding carboxylic acids is 4. The Kier molecular flexibility index (Phi) is 4.06. The normalized spacial score (nSPS) is 34.6. The van der Waals surface area contributed by atoms with Gasteiger partial charge in [0.2, 0.25) is 0 Å². The number of amides is 4. The van der Waals surface area contributed by atoms with E-state index < -0.39 is 0 Å². The fourth-order valence-corrected chi connectivity index (χ4v) is 5.03. The molecule has 4 atom stereocenters. The maximum absolute atomic E-state index is 11.7. The fourth-order valence-electron chi connectivity index (χ4n) is 5.03. The second-order valence-electron chi connectivity index (χ2n) is 7.78. The van der Waals surface area contributed by atoms with Gasteiger partial charge in [-0.05, 0) is 55.8 Å². The minimum atomic E-state index is -0.199. The van der Waals surface area contributed by atoms with Crippen molar-refractivity contribution >= 4 is 23.6 Å². The second-order valence-corrected chi connectivity index (χ2v) is 7.78. The number of hydrogen-bond acceptors (Lipinski definition) is 4. The SMILES string of the molecule is O=C1C=CC(=O)N1CC1CCC2CC(CN3C(=O)C=CC3=O)CC2C1. The van der Waals surface area contributed by atoms with Gasteiger partial charge in [-0.25, -0.2) is 0 Å². The lowest BCUT2D eigenvalue weighted by molar-refractivity contribution is -0.139. The zero-order chi connectivity index (χ0) is 17.6. The van der Waals surface area contributed by atoms with Crippen molar-refractivity contribution in [3.8, 4) is 0 Å². The van der Waals surface area contributed by atoms with Crippen molar-refractivity contribution in [1.29, 1.82) is 0 Å². The molecule has 0 spiro atoms. The molecular weight excluding hydrogens is 320 g/mol. The standard InChI is InChI=1S/C19H22N2O4/c22-16-3-4-17(23)20(16)10-12-1-2-14-8-13(9-15(14)7-12)11-21-18(24)5-6-19(21)25/h3-6,12-15H,1-2,7-11H2. The van der Waals surface area contributed by atoms with Crippen LogP contribution in [0.1, 0.15) is 32.1 Å². The molecule has 2 aliphatic heterocycles. The van der Waals surface area contributed by atoms with Gasteiger partial charge < -0.3 is 0 Å². The molecule has 0 saturated heterocycles. The van der Waals surface area contributed by atoms with Crippen LogP contribution in [0.25, 0.3) is 0 Å². The van der Waals surface area contributed by atoms with Gasteiger partial charge >= 0.3 is 0 Å². The van der Waals surface area contributed by atoms with E-state index in [2.05, 4.69) is 0 Å². The molecule has 0 bridgehead atoms. The number of hydrogen-bond donors (Lipinski definition) is 0. The molecule has 4 unspecified atom stereocenters. The Hall–Kier alpha value is -2.24. The summed E-state index contributed by atoms with van der Waals surface area (Å²) in [6, 6.07) is 0. The summed E-state index contributed by atoms with van der Waals surface area (Å²) in [5.41, 5.74) is 0. The molecule has 6 heteroatoms. The van der Waals surface area contributed by atoms with Crippen LogP contribution in [0.3, 0.4) is 0 Å². The highest BCUT2D eigenvalue weighted by Crippen LogP contribution is 2.47. The molecule has 2 aliphatic carbocycles. The van der Waals surface area contributed by atoms with E-state index in [1.807, 2.05) is 0 Å². The molecule has 132 valence electrons. The van der Waals surface area contributed by atoms with E-state index in [-0.39, 0.29) is 23.6 Å². The Morgan fingerprint density at radius 2 is 1.08 bits per heavy atom. The average molecular weight is 342 g/mol. The van der Waals surface area contributed by atoms with E-state index in [9.17, 15) is 19.2 Å². The average Bonchev–Trinajstić information content (AvgIpc) is 3.23. The van der Waals surface area contributed by atoms with E-state index in [0.717, 1.165) is 32.1 Å². The first-order valence-electron chi connectivity index (χ1n) is 9.08. The summed E-state index contributed by atoms with van der Waals surface area (Å²) in [5.74, 6) is 1.16. The van der Waals surface area contributed by atoms with Crippen molar-refractivity contribution in [2.75, 3.05) is 13.1 Å². The smallest absolute Gasteiger partial charge is 0.253 e. The van der Waals surface area contributed by atoms with Crippen LogP contribution in [0, 0.1) is 23.7 Å². The number of rotatable bonds is 4. The molecule has 4 aliphatic rings. The van der Waals surface area contributed by atoms with Crippen molar-refractivity contribution in [2.24, 2.45) is 23.7 Å². The summed E-state index contributed by atoms with van der Waals surface area (Å²) in [4.78, 5) is 49.7. The molecule has 0 N–H and O–H groups in total. The third-order valence-corrected chi connectivity index (χ3v) is 6.20. The van der Waals surface area contributed by atoms with Gasteiger partial charge in [-0.15, -0.1) is 0 Å². The van der Waals surface area contributed by atoms with Crippen molar-refractivity contribution in [3.05, 3.63) is 24.3 Å². The number of carbonyl (C=O) groups is 4. The zero-order valence-corrected chi connectivity index (χ0v) is 14.1.